The molecule has 50 heavy (non-hydrogen) atoms. The van der Waals surface area contributed by atoms with Crippen molar-refractivity contribution in [2.45, 2.75) is 33.6 Å². The predicted molar refractivity (Wildman–Crippen MR) is 181 cm³/mol. The second-order valence-corrected chi connectivity index (χ2v) is 10.8. The molecule has 16 nitrogen and oxygen atoms in total. The monoisotopic (exact) mass is 686 g/mol. The highest BCUT2D eigenvalue weighted by molar-refractivity contribution is 5.87. The fourth-order valence-corrected chi connectivity index (χ4v) is 4.44. The van der Waals surface area contributed by atoms with Gasteiger partial charge in [-0.05, 0) is 80.3 Å². The number of amides is 3. The van der Waals surface area contributed by atoms with Gasteiger partial charge in [-0.2, -0.15) is 15.0 Å². The number of ether oxygens (including phenoxy) is 4. The highest BCUT2D eigenvalue weighted by Crippen LogP contribution is 2.32. The van der Waals surface area contributed by atoms with Crippen LogP contribution in [0, 0.1) is 19.3 Å². The first-order valence-corrected chi connectivity index (χ1v) is 15.0. The van der Waals surface area contributed by atoms with Gasteiger partial charge in [0.05, 0.1) is 25.1 Å². The molecule has 3 N–H and O–H groups in total. The topological polar surface area (TPSA) is 213 Å². The van der Waals surface area contributed by atoms with Gasteiger partial charge >= 0.3 is 18.3 Å². The van der Waals surface area contributed by atoms with Gasteiger partial charge in [-0.1, -0.05) is 19.1 Å². The maximum atomic E-state index is 12.8. The van der Waals surface area contributed by atoms with Crippen LogP contribution in [0.15, 0.2) is 69.6 Å². The van der Waals surface area contributed by atoms with Crippen LogP contribution < -0.4 is 20.7 Å². The van der Waals surface area contributed by atoms with E-state index >= 15 is 0 Å². The van der Waals surface area contributed by atoms with Crippen molar-refractivity contribution in [2.24, 2.45) is 20.4 Å². The lowest BCUT2D eigenvalue weighted by Gasteiger charge is -2.31. The molecule has 0 saturated carbocycles. The number of isocyanates is 3. The van der Waals surface area contributed by atoms with Crippen molar-refractivity contribution in [3.05, 3.63) is 65.7 Å². The number of methoxy groups -OCH3 is 1. The minimum Gasteiger partial charge on any atom is -0.494 e. The number of hydrogen-bond acceptors (Lipinski definition) is 13. The summed E-state index contributed by atoms with van der Waals surface area (Å²) in [5, 5.41) is 7.65. The zero-order chi connectivity index (χ0) is 36.5. The Balaban J connectivity index is 1.71. The number of hydrogen-bond donors (Lipinski definition) is 3. The van der Waals surface area contributed by atoms with E-state index in [-0.39, 0.29) is 43.4 Å². The molecule has 0 aliphatic heterocycles. The highest BCUT2D eigenvalue weighted by atomic mass is 16.6. The van der Waals surface area contributed by atoms with Crippen molar-refractivity contribution in [1.82, 2.24) is 0 Å². The standard InChI is InChI=1S/C34H34N6O10/c1-5-34(17-49-32(45)39-25-9-7-23(3)28(15-25)36-20-42,12-13-48-31(44)38-24-8-6-22(2)27(14-24)35-19-41)18-50-33(46)40-26-10-11-30(47-4)29(16-26)37-21-43/h6-11,14-16H,5,12-13,17-18H2,1-4H3,(H,38,44)(H,39,45)(H,40,46). The van der Waals surface area contributed by atoms with Crippen molar-refractivity contribution in [2.75, 3.05) is 42.9 Å². The van der Waals surface area contributed by atoms with E-state index in [2.05, 4.69) is 30.9 Å². The van der Waals surface area contributed by atoms with Crippen LogP contribution in [0.5, 0.6) is 5.75 Å². The molecular weight excluding hydrogens is 652 g/mol. The van der Waals surface area contributed by atoms with Crippen LogP contribution >= 0.6 is 0 Å². The van der Waals surface area contributed by atoms with Crippen molar-refractivity contribution in [3.63, 3.8) is 0 Å². The SMILES string of the molecule is CCC(CCOC(=O)Nc1ccc(C)c(N=C=O)c1)(COC(=O)Nc1ccc(C)c(N=C=O)c1)COC(=O)Nc1ccc(OC)c(N=C=O)c1. The normalized spacial score (nSPS) is 11.2. The third-order valence-corrected chi connectivity index (χ3v) is 7.47. The Kier molecular flexibility index (Phi) is 14.1. The Bertz CT molecular complexity index is 1860. The third kappa shape index (κ3) is 11.3. The average Bonchev–Trinajstić information content (AvgIpc) is 3.09. The van der Waals surface area contributed by atoms with Crippen LogP contribution in [0.3, 0.4) is 0 Å². The number of aryl methyl sites for hydroxylation is 2. The quantitative estimate of drug-likeness (QED) is 0.0842. The summed E-state index contributed by atoms with van der Waals surface area (Å²) in [5.74, 6) is 0.285. The molecule has 3 aromatic carbocycles. The number of carbonyl (C=O) groups excluding carboxylic acids is 6. The van der Waals surface area contributed by atoms with E-state index in [4.69, 9.17) is 18.9 Å². The molecule has 0 saturated heterocycles. The van der Waals surface area contributed by atoms with Crippen LogP contribution in [0.1, 0.15) is 30.9 Å². The number of nitrogens with zero attached hydrogens (tertiary/aromatic N) is 3. The maximum Gasteiger partial charge on any atom is 0.411 e. The molecule has 0 spiro atoms. The van der Waals surface area contributed by atoms with Crippen LogP contribution in [0.4, 0.5) is 48.5 Å². The van der Waals surface area contributed by atoms with Crippen LogP contribution in [0.2, 0.25) is 0 Å². The maximum absolute atomic E-state index is 12.8. The van der Waals surface area contributed by atoms with Gasteiger partial charge in [0.25, 0.3) is 0 Å². The van der Waals surface area contributed by atoms with Crippen molar-refractivity contribution < 1.29 is 47.7 Å². The summed E-state index contributed by atoms with van der Waals surface area (Å²) in [7, 11) is 1.39. The molecule has 0 aromatic heterocycles. The van der Waals surface area contributed by atoms with Crippen LogP contribution in [0.25, 0.3) is 0 Å². The molecule has 0 aliphatic rings. The minimum absolute atomic E-state index is 0.0928. The van der Waals surface area contributed by atoms with Gasteiger partial charge in [-0.3, -0.25) is 16.0 Å². The second-order valence-electron chi connectivity index (χ2n) is 10.8. The number of aliphatic imine (C=N–C) groups is 3. The lowest BCUT2D eigenvalue weighted by Crippen LogP contribution is -2.37. The largest absolute Gasteiger partial charge is 0.494 e. The zero-order valence-corrected chi connectivity index (χ0v) is 27.7. The Labute approximate surface area is 286 Å². The minimum atomic E-state index is -1.03. The number of rotatable bonds is 15. The molecule has 1 unspecified atom stereocenters. The summed E-state index contributed by atoms with van der Waals surface area (Å²) in [4.78, 5) is 81.2. The molecule has 0 fully saturated rings. The van der Waals surface area contributed by atoms with Gasteiger partial charge < -0.3 is 18.9 Å². The predicted octanol–water partition coefficient (Wildman–Crippen LogP) is 7.05. The van der Waals surface area contributed by atoms with E-state index in [1.54, 1.807) is 45.0 Å². The van der Waals surface area contributed by atoms with Crippen LogP contribution in [-0.2, 0) is 28.6 Å². The molecule has 3 rings (SSSR count). The third-order valence-electron chi connectivity index (χ3n) is 7.47. The van der Waals surface area contributed by atoms with Gasteiger partial charge in [0.1, 0.15) is 24.7 Å². The van der Waals surface area contributed by atoms with Gasteiger partial charge in [0, 0.05) is 22.5 Å². The van der Waals surface area contributed by atoms with Crippen molar-refractivity contribution >= 4 is 70.6 Å². The first kappa shape index (κ1) is 37.9. The molecule has 260 valence electrons. The molecule has 0 heterocycles. The highest BCUT2D eigenvalue weighted by Gasteiger charge is 2.33. The Morgan fingerprint density at radius 2 is 1.08 bits per heavy atom. The summed E-state index contributed by atoms with van der Waals surface area (Å²) < 4.78 is 21.6. The Morgan fingerprint density at radius 3 is 1.52 bits per heavy atom. The number of carbonyl (C=O) groups is 3. The van der Waals surface area contributed by atoms with E-state index in [1.165, 1.54) is 55.7 Å². The first-order valence-electron chi connectivity index (χ1n) is 15.0. The summed E-state index contributed by atoms with van der Waals surface area (Å²) in [5.41, 5.74) is 2.02. The van der Waals surface area contributed by atoms with E-state index < -0.39 is 23.7 Å². The molecule has 3 aromatic rings. The lowest BCUT2D eigenvalue weighted by atomic mass is 9.83. The van der Waals surface area contributed by atoms with E-state index in [1.807, 2.05) is 0 Å². The van der Waals surface area contributed by atoms with Gasteiger partial charge in [0.15, 0.2) is 0 Å². The number of nitrogens with one attached hydrogen (secondary N) is 3. The van der Waals surface area contributed by atoms with Crippen LogP contribution in [-0.4, -0.2) is 63.4 Å². The van der Waals surface area contributed by atoms with E-state index in [0.29, 0.717) is 40.3 Å². The zero-order valence-electron chi connectivity index (χ0n) is 27.7. The first-order chi connectivity index (χ1) is 24.0. The molecule has 0 radical (unpaired) electrons. The summed E-state index contributed by atoms with van der Waals surface area (Å²) in [6.45, 7) is 4.56. The summed E-state index contributed by atoms with van der Waals surface area (Å²) >= 11 is 0. The molecule has 0 aliphatic carbocycles. The fourth-order valence-electron chi connectivity index (χ4n) is 4.44. The number of benzene rings is 3. The lowest BCUT2D eigenvalue weighted by molar-refractivity contribution is 0.0130. The van der Waals surface area contributed by atoms with Gasteiger partial charge in [-0.25, -0.2) is 28.8 Å². The summed E-state index contributed by atoms with van der Waals surface area (Å²) in [6.07, 6.45) is 2.23. The molecular formula is C34H34N6O10. The Morgan fingerprint density at radius 1 is 0.660 bits per heavy atom. The summed E-state index contributed by atoms with van der Waals surface area (Å²) in [6, 6.07) is 13.9. The van der Waals surface area contributed by atoms with Gasteiger partial charge in [0.2, 0.25) is 18.2 Å². The van der Waals surface area contributed by atoms with Crippen molar-refractivity contribution in [3.8, 4) is 5.75 Å². The molecule has 16 heteroatoms. The molecule has 1 atom stereocenters. The van der Waals surface area contributed by atoms with E-state index in [0.717, 1.165) is 0 Å². The average molecular weight is 687 g/mol. The molecule has 3 amide bonds. The smallest absolute Gasteiger partial charge is 0.411 e. The van der Waals surface area contributed by atoms with Gasteiger partial charge in [-0.15, -0.1) is 0 Å². The Hall–Kier alpha value is -6.59. The van der Waals surface area contributed by atoms with E-state index in [9.17, 15) is 28.8 Å². The van der Waals surface area contributed by atoms with Crippen molar-refractivity contribution in [1.29, 1.82) is 0 Å². The fraction of sp³-hybridized carbons (Fsp3) is 0.294. The molecule has 0 bridgehead atoms. The second kappa shape index (κ2) is 18.7. The number of anilines is 3.